The molecule has 0 bridgehead atoms. The Kier molecular flexibility index (Phi) is 3.75. The first kappa shape index (κ1) is 9.19. The number of guanidine groups is 1. The standard InChI is InChI=1S/C5H13N3O2/c1-2-4(10)8(3-9)5(6)7/h4,9-10H,2-3H2,1H3,(H3,6,7). The number of nitrogens with zero attached hydrogens (tertiary/aromatic N) is 1. The molecule has 0 rings (SSSR count). The SMILES string of the molecule is CCC(O)N(CO)C(=N)N. The van der Waals surface area contributed by atoms with Gasteiger partial charge in [0.15, 0.2) is 5.96 Å². The summed E-state index contributed by atoms with van der Waals surface area (Å²) in [5, 5.41) is 24.4. The van der Waals surface area contributed by atoms with Crippen molar-refractivity contribution in [2.24, 2.45) is 5.73 Å². The first-order chi connectivity index (χ1) is 4.63. The molecule has 0 aliphatic heterocycles. The molecule has 1 unspecified atom stereocenters. The fraction of sp³-hybridized carbons (Fsp3) is 0.800. The van der Waals surface area contributed by atoms with Crippen molar-refractivity contribution in [3.8, 4) is 0 Å². The van der Waals surface area contributed by atoms with Gasteiger partial charge in [-0.15, -0.1) is 0 Å². The van der Waals surface area contributed by atoms with Crippen molar-refractivity contribution in [2.45, 2.75) is 19.6 Å². The van der Waals surface area contributed by atoms with Crippen LogP contribution >= 0.6 is 0 Å². The van der Waals surface area contributed by atoms with Crippen molar-refractivity contribution in [3.63, 3.8) is 0 Å². The van der Waals surface area contributed by atoms with Gasteiger partial charge in [0.1, 0.15) is 13.0 Å². The molecule has 5 N–H and O–H groups in total. The van der Waals surface area contributed by atoms with Crippen LogP contribution in [0.3, 0.4) is 0 Å². The van der Waals surface area contributed by atoms with E-state index in [1.54, 1.807) is 6.92 Å². The minimum Gasteiger partial charge on any atom is -0.376 e. The third-order valence-electron chi connectivity index (χ3n) is 1.19. The summed E-state index contributed by atoms with van der Waals surface area (Å²) in [6, 6.07) is 0. The first-order valence-corrected chi connectivity index (χ1v) is 3.03. The molecule has 0 aliphatic carbocycles. The summed E-state index contributed by atoms with van der Waals surface area (Å²) in [6.07, 6.45) is -0.428. The summed E-state index contributed by atoms with van der Waals surface area (Å²) in [6.45, 7) is 1.31. The second kappa shape index (κ2) is 4.08. The molecule has 0 aromatic carbocycles. The molecule has 60 valence electrons. The molecule has 1 atom stereocenters. The van der Waals surface area contributed by atoms with E-state index in [1.165, 1.54) is 0 Å². The highest BCUT2D eigenvalue weighted by Gasteiger charge is 2.12. The lowest BCUT2D eigenvalue weighted by atomic mass is 10.4. The number of aliphatic hydroxyl groups is 2. The second-order valence-corrected chi connectivity index (χ2v) is 1.89. The Morgan fingerprint density at radius 2 is 2.30 bits per heavy atom. The third-order valence-corrected chi connectivity index (χ3v) is 1.19. The summed E-state index contributed by atoms with van der Waals surface area (Å²) in [5.74, 6) is -0.322. The highest BCUT2D eigenvalue weighted by atomic mass is 16.3. The largest absolute Gasteiger partial charge is 0.376 e. The minimum atomic E-state index is -0.859. The van der Waals surface area contributed by atoms with Gasteiger partial charge in [0.05, 0.1) is 0 Å². The Bertz CT molecular complexity index is 117. The van der Waals surface area contributed by atoms with Gasteiger partial charge in [-0.25, -0.2) is 0 Å². The van der Waals surface area contributed by atoms with E-state index < -0.39 is 13.0 Å². The average Bonchev–Trinajstić information content (AvgIpc) is 1.88. The lowest BCUT2D eigenvalue weighted by Gasteiger charge is -2.24. The smallest absolute Gasteiger partial charge is 0.192 e. The van der Waals surface area contributed by atoms with E-state index in [9.17, 15) is 0 Å². The minimum absolute atomic E-state index is 0.322. The summed E-state index contributed by atoms with van der Waals surface area (Å²) in [4.78, 5) is 0.986. The number of aliphatic hydroxyl groups excluding tert-OH is 2. The molecule has 0 amide bonds. The predicted octanol–water partition coefficient (Wildman–Crippen LogP) is -1.14. The quantitative estimate of drug-likeness (QED) is 0.230. The summed E-state index contributed by atoms with van der Waals surface area (Å²) in [7, 11) is 0. The highest BCUT2D eigenvalue weighted by Crippen LogP contribution is 1.96. The molecular weight excluding hydrogens is 134 g/mol. The molecule has 0 aromatic rings. The summed E-state index contributed by atoms with van der Waals surface area (Å²) in [5.41, 5.74) is 5.01. The van der Waals surface area contributed by atoms with E-state index >= 15 is 0 Å². The number of hydrogen-bond donors (Lipinski definition) is 4. The third kappa shape index (κ3) is 2.20. The van der Waals surface area contributed by atoms with Gasteiger partial charge in [0, 0.05) is 0 Å². The van der Waals surface area contributed by atoms with Crippen molar-refractivity contribution in [1.29, 1.82) is 5.41 Å². The van der Waals surface area contributed by atoms with Gasteiger partial charge >= 0.3 is 0 Å². The molecule has 0 heterocycles. The van der Waals surface area contributed by atoms with Crippen LogP contribution in [0.15, 0.2) is 0 Å². The number of rotatable bonds is 3. The fourth-order valence-corrected chi connectivity index (χ4v) is 0.551. The molecule has 0 saturated carbocycles. The van der Waals surface area contributed by atoms with E-state index in [2.05, 4.69) is 0 Å². The zero-order valence-corrected chi connectivity index (χ0v) is 5.91. The van der Waals surface area contributed by atoms with Crippen LogP contribution in [-0.2, 0) is 0 Å². The van der Waals surface area contributed by atoms with Crippen LogP contribution in [0.5, 0.6) is 0 Å². The van der Waals surface area contributed by atoms with Crippen molar-refractivity contribution >= 4 is 5.96 Å². The Balaban J connectivity index is 3.92. The van der Waals surface area contributed by atoms with Crippen molar-refractivity contribution in [1.82, 2.24) is 4.90 Å². The molecule has 0 saturated heterocycles. The maximum Gasteiger partial charge on any atom is 0.192 e. The fourth-order valence-electron chi connectivity index (χ4n) is 0.551. The maximum absolute atomic E-state index is 9.03. The number of nitrogens with two attached hydrogens (primary N) is 1. The van der Waals surface area contributed by atoms with Gasteiger partial charge in [-0.3, -0.25) is 10.3 Å². The van der Waals surface area contributed by atoms with Crippen LogP contribution < -0.4 is 5.73 Å². The van der Waals surface area contributed by atoms with Crippen LogP contribution in [-0.4, -0.2) is 34.0 Å². The number of hydrogen-bond acceptors (Lipinski definition) is 3. The molecule has 0 spiro atoms. The Morgan fingerprint density at radius 3 is 2.40 bits per heavy atom. The monoisotopic (exact) mass is 147 g/mol. The molecule has 5 nitrogen and oxygen atoms in total. The second-order valence-electron chi connectivity index (χ2n) is 1.89. The van der Waals surface area contributed by atoms with Crippen molar-refractivity contribution in [2.75, 3.05) is 6.73 Å². The van der Waals surface area contributed by atoms with Crippen LogP contribution in [0.2, 0.25) is 0 Å². The summed E-state index contributed by atoms with van der Waals surface area (Å²) >= 11 is 0. The van der Waals surface area contributed by atoms with Gasteiger partial charge in [0.2, 0.25) is 0 Å². The van der Waals surface area contributed by atoms with Gasteiger partial charge < -0.3 is 15.9 Å². The first-order valence-electron chi connectivity index (χ1n) is 3.03. The van der Waals surface area contributed by atoms with E-state index in [1.807, 2.05) is 0 Å². The van der Waals surface area contributed by atoms with Crippen LogP contribution in [0.1, 0.15) is 13.3 Å². The van der Waals surface area contributed by atoms with Crippen LogP contribution in [0.4, 0.5) is 0 Å². The molecule has 0 radical (unpaired) electrons. The highest BCUT2D eigenvalue weighted by molar-refractivity contribution is 5.74. The van der Waals surface area contributed by atoms with Gasteiger partial charge in [0.25, 0.3) is 0 Å². The lowest BCUT2D eigenvalue weighted by molar-refractivity contribution is 0.000350. The predicted molar refractivity (Wildman–Crippen MR) is 37.1 cm³/mol. The Labute approximate surface area is 59.6 Å². The Morgan fingerprint density at radius 1 is 1.80 bits per heavy atom. The maximum atomic E-state index is 9.03. The molecule has 0 aromatic heterocycles. The number of nitrogens with one attached hydrogen (secondary N) is 1. The van der Waals surface area contributed by atoms with Crippen molar-refractivity contribution in [3.05, 3.63) is 0 Å². The zero-order valence-electron chi connectivity index (χ0n) is 5.91. The van der Waals surface area contributed by atoms with Crippen LogP contribution in [0.25, 0.3) is 0 Å². The van der Waals surface area contributed by atoms with Gasteiger partial charge in [-0.05, 0) is 6.42 Å². The molecule has 5 heteroatoms. The van der Waals surface area contributed by atoms with E-state index in [4.69, 9.17) is 21.4 Å². The molecule has 0 aliphatic rings. The normalized spacial score (nSPS) is 12.7. The molecule has 0 fully saturated rings. The zero-order chi connectivity index (χ0) is 8.15. The Hall–Kier alpha value is -0.810. The van der Waals surface area contributed by atoms with Crippen LogP contribution in [0, 0.1) is 5.41 Å². The topological polar surface area (TPSA) is 93.6 Å². The molecular formula is C5H13N3O2. The summed E-state index contributed by atoms with van der Waals surface area (Å²) < 4.78 is 0. The van der Waals surface area contributed by atoms with E-state index in [-0.39, 0.29) is 5.96 Å². The van der Waals surface area contributed by atoms with Gasteiger partial charge in [-0.1, -0.05) is 6.92 Å². The van der Waals surface area contributed by atoms with Gasteiger partial charge in [-0.2, -0.15) is 0 Å². The van der Waals surface area contributed by atoms with E-state index in [0.717, 1.165) is 4.90 Å². The molecule has 10 heavy (non-hydrogen) atoms. The lowest BCUT2D eigenvalue weighted by Crippen LogP contribution is -2.44. The van der Waals surface area contributed by atoms with E-state index in [0.29, 0.717) is 6.42 Å². The average molecular weight is 147 g/mol. The van der Waals surface area contributed by atoms with Crippen molar-refractivity contribution < 1.29 is 10.2 Å².